The standard InChI is InChI=1S/C18H38N2/c1-16(2)14-15-20(3)18-13-11-9-7-5-4-6-8-10-12-17(18)19/h16-18H,4-15,19H2,1-3H3. The van der Waals surface area contributed by atoms with Crippen LogP contribution in [0.1, 0.15) is 84.5 Å². The van der Waals surface area contributed by atoms with E-state index < -0.39 is 0 Å². The third-order valence-corrected chi connectivity index (χ3v) is 4.91. The SMILES string of the molecule is CC(C)CCN(C)C1CCCCCCCCCCC1N. The highest BCUT2D eigenvalue weighted by Gasteiger charge is 2.21. The van der Waals surface area contributed by atoms with E-state index >= 15 is 0 Å². The predicted molar refractivity (Wildman–Crippen MR) is 90.0 cm³/mol. The Morgan fingerprint density at radius 1 is 0.900 bits per heavy atom. The normalized spacial score (nSPS) is 27.3. The predicted octanol–water partition coefficient (Wildman–Crippen LogP) is 4.57. The molecule has 1 rings (SSSR count). The van der Waals surface area contributed by atoms with Crippen LogP contribution in [0.3, 0.4) is 0 Å². The second kappa shape index (κ2) is 10.6. The summed E-state index contributed by atoms with van der Waals surface area (Å²) in [6.45, 7) is 5.83. The molecule has 20 heavy (non-hydrogen) atoms. The Morgan fingerprint density at radius 2 is 1.40 bits per heavy atom. The lowest BCUT2D eigenvalue weighted by Gasteiger charge is -2.33. The zero-order valence-electron chi connectivity index (χ0n) is 14.2. The second-order valence-electron chi connectivity index (χ2n) is 7.30. The van der Waals surface area contributed by atoms with Gasteiger partial charge in [0.1, 0.15) is 0 Å². The van der Waals surface area contributed by atoms with Gasteiger partial charge in [-0.1, -0.05) is 65.2 Å². The van der Waals surface area contributed by atoms with Crippen LogP contribution in [-0.4, -0.2) is 30.6 Å². The third-order valence-electron chi connectivity index (χ3n) is 4.91. The van der Waals surface area contributed by atoms with Crippen molar-refractivity contribution in [3.63, 3.8) is 0 Å². The zero-order valence-corrected chi connectivity index (χ0v) is 14.2. The molecule has 0 aliphatic heterocycles. The molecule has 120 valence electrons. The van der Waals surface area contributed by atoms with E-state index in [1.165, 1.54) is 77.2 Å². The second-order valence-corrected chi connectivity index (χ2v) is 7.30. The van der Waals surface area contributed by atoms with E-state index in [1.807, 2.05) is 0 Å². The number of likely N-dealkylation sites (N-methyl/N-ethyl adjacent to an activating group) is 1. The molecular weight excluding hydrogens is 244 g/mol. The smallest absolute Gasteiger partial charge is 0.0244 e. The molecule has 2 unspecified atom stereocenters. The number of nitrogens with two attached hydrogens (primary N) is 1. The zero-order chi connectivity index (χ0) is 14.8. The highest BCUT2D eigenvalue weighted by Crippen LogP contribution is 2.20. The quantitative estimate of drug-likeness (QED) is 0.818. The molecule has 1 aliphatic carbocycles. The highest BCUT2D eigenvalue weighted by molar-refractivity contribution is 4.81. The molecule has 1 aliphatic rings. The molecule has 0 heterocycles. The van der Waals surface area contributed by atoms with Crippen LogP contribution in [0.25, 0.3) is 0 Å². The molecular formula is C18H38N2. The molecule has 0 aromatic carbocycles. The van der Waals surface area contributed by atoms with E-state index in [0.717, 1.165) is 5.92 Å². The molecule has 2 atom stereocenters. The summed E-state index contributed by atoms with van der Waals surface area (Å²) >= 11 is 0. The minimum Gasteiger partial charge on any atom is -0.326 e. The minimum atomic E-state index is 0.381. The maximum absolute atomic E-state index is 6.52. The van der Waals surface area contributed by atoms with Gasteiger partial charge in [0.25, 0.3) is 0 Å². The summed E-state index contributed by atoms with van der Waals surface area (Å²) in [5.41, 5.74) is 6.52. The summed E-state index contributed by atoms with van der Waals surface area (Å²) in [5.74, 6) is 0.792. The fourth-order valence-corrected chi connectivity index (χ4v) is 3.38. The lowest BCUT2D eigenvalue weighted by atomic mass is 9.93. The van der Waals surface area contributed by atoms with Crippen molar-refractivity contribution in [2.45, 2.75) is 96.6 Å². The van der Waals surface area contributed by atoms with Gasteiger partial charge in [-0.25, -0.2) is 0 Å². The van der Waals surface area contributed by atoms with Crippen LogP contribution in [0.2, 0.25) is 0 Å². The lowest BCUT2D eigenvalue weighted by Crippen LogP contribution is -2.46. The minimum absolute atomic E-state index is 0.381. The van der Waals surface area contributed by atoms with Crippen molar-refractivity contribution in [3.05, 3.63) is 0 Å². The molecule has 1 saturated carbocycles. The van der Waals surface area contributed by atoms with Crippen LogP contribution < -0.4 is 5.73 Å². The van der Waals surface area contributed by atoms with Crippen LogP contribution in [0, 0.1) is 5.92 Å². The van der Waals surface area contributed by atoms with E-state index in [9.17, 15) is 0 Å². The van der Waals surface area contributed by atoms with Crippen molar-refractivity contribution < 1.29 is 0 Å². The molecule has 2 heteroatoms. The largest absolute Gasteiger partial charge is 0.326 e. The summed E-state index contributed by atoms with van der Waals surface area (Å²) in [7, 11) is 2.29. The highest BCUT2D eigenvalue weighted by atomic mass is 15.1. The van der Waals surface area contributed by atoms with Gasteiger partial charge in [0, 0.05) is 12.1 Å². The van der Waals surface area contributed by atoms with Gasteiger partial charge >= 0.3 is 0 Å². The van der Waals surface area contributed by atoms with Crippen LogP contribution >= 0.6 is 0 Å². The van der Waals surface area contributed by atoms with Crippen molar-refractivity contribution in [2.24, 2.45) is 11.7 Å². The molecule has 1 fully saturated rings. The first-order valence-corrected chi connectivity index (χ1v) is 9.07. The van der Waals surface area contributed by atoms with Crippen LogP contribution in [-0.2, 0) is 0 Å². The van der Waals surface area contributed by atoms with E-state index in [1.54, 1.807) is 0 Å². The fourth-order valence-electron chi connectivity index (χ4n) is 3.38. The summed E-state index contributed by atoms with van der Waals surface area (Å²) in [6.07, 6.45) is 15.0. The number of hydrogen-bond acceptors (Lipinski definition) is 2. The fraction of sp³-hybridized carbons (Fsp3) is 1.00. The Kier molecular flexibility index (Phi) is 9.54. The molecule has 0 saturated heterocycles. The Labute approximate surface area is 127 Å². The van der Waals surface area contributed by atoms with Crippen molar-refractivity contribution in [1.82, 2.24) is 4.90 Å². The molecule has 0 aromatic rings. The van der Waals surface area contributed by atoms with Gasteiger partial charge in [-0.15, -0.1) is 0 Å². The Bertz CT molecular complexity index is 227. The monoisotopic (exact) mass is 282 g/mol. The van der Waals surface area contributed by atoms with Crippen molar-refractivity contribution >= 4 is 0 Å². The van der Waals surface area contributed by atoms with E-state index in [4.69, 9.17) is 5.73 Å². The van der Waals surface area contributed by atoms with Gasteiger partial charge in [-0.3, -0.25) is 0 Å². The lowest BCUT2D eigenvalue weighted by molar-refractivity contribution is 0.179. The molecule has 0 bridgehead atoms. The molecule has 0 aromatic heterocycles. The average molecular weight is 283 g/mol. The van der Waals surface area contributed by atoms with Crippen molar-refractivity contribution in [2.75, 3.05) is 13.6 Å². The topological polar surface area (TPSA) is 29.3 Å². The molecule has 0 radical (unpaired) electrons. The van der Waals surface area contributed by atoms with Crippen molar-refractivity contribution in [3.8, 4) is 0 Å². The third kappa shape index (κ3) is 7.64. The first-order chi connectivity index (χ1) is 9.61. The Balaban J connectivity index is 2.46. The maximum Gasteiger partial charge on any atom is 0.0244 e. The van der Waals surface area contributed by atoms with Gasteiger partial charge in [0.05, 0.1) is 0 Å². The van der Waals surface area contributed by atoms with Crippen LogP contribution in [0.4, 0.5) is 0 Å². The van der Waals surface area contributed by atoms with Gasteiger partial charge in [-0.2, -0.15) is 0 Å². The van der Waals surface area contributed by atoms with Gasteiger partial charge in [0.15, 0.2) is 0 Å². The van der Waals surface area contributed by atoms with E-state index in [2.05, 4.69) is 25.8 Å². The first-order valence-electron chi connectivity index (χ1n) is 9.07. The summed E-state index contributed by atoms with van der Waals surface area (Å²) in [5, 5.41) is 0. The van der Waals surface area contributed by atoms with Crippen molar-refractivity contribution in [1.29, 1.82) is 0 Å². The molecule has 0 amide bonds. The summed E-state index contributed by atoms with van der Waals surface area (Å²) < 4.78 is 0. The number of nitrogens with zero attached hydrogens (tertiary/aromatic N) is 1. The molecule has 2 N–H and O–H groups in total. The first kappa shape index (κ1) is 18.0. The molecule has 2 nitrogen and oxygen atoms in total. The van der Waals surface area contributed by atoms with Crippen LogP contribution in [0.5, 0.6) is 0 Å². The van der Waals surface area contributed by atoms with Crippen LogP contribution in [0.15, 0.2) is 0 Å². The van der Waals surface area contributed by atoms with Gasteiger partial charge < -0.3 is 10.6 Å². The Morgan fingerprint density at radius 3 is 1.95 bits per heavy atom. The Hall–Kier alpha value is -0.0800. The average Bonchev–Trinajstić information content (AvgIpc) is 2.40. The number of rotatable bonds is 4. The maximum atomic E-state index is 6.52. The van der Waals surface area contributed by atoms with E-state index in [0.29, 0.717) is 12.1 Å². The summed E-state index contributed by atoms with van der Waals surface area (Å²) in [6, 6.07) is 0.986. The van der Waals surface area contributed by atoms with Gasteiger partial charge in [-0.05, 0) is 38.8 Å². The summed E-state index contributed by atoms with van der Waals surface area (Å²) in [4.78, 5) is 2.55. The molecule has 0 spiro atoms. The van der Waals surface area contributed by atoms with E-state index in [-0.39, 0.29) is 0 Å². The van der Waals surface area contributed by atoms with Gasteiger partial charge in [0.2, 0.25) is 0 Å². The number of hydrogen-bond donors (Lipinski definition) is 1.